The van der Waals surface area contributed by atoms with Gasteiger partial charge < -0.3 is 14.8 Å². The van der Waals surface area contributed by atoms with E-state index in [4.69, 9.17) is 4.52 Å². The van der Waals surface area contributed by atoms with Gasteiger partial charge in [0.15, 0.2) is 5.69 Å². The molecule has 2 heterocycles. The highest BCUT2D eigenvalue weighted by molar-refractivity contribution is 5.92. The maximum Gasteiger partial charge on any atom is 0.274 e. The van der Waals surface area contributed by atoms with E-state index in [1.807, 2.05) is 31.2 Å². The molecule has 0 aliphatic carbocycles. The van der Waals surface area contributed by atoms with E-state index >= 15 is 0 Å². The van der Waals surface area contributed by atoms with Crippen LogP contribution < -0.4 is 5.32 Å². The first kappa shape index (κ1) is 12.4. The lowest BCUT2D eigenvalue weighted by atomic mass is 10.3. The van der Waals surface area contributed by atoms with Crippen molar-refractivity contribution < 1.29 is 9.32 Å². The van der Waals surface area contributed by atoms with Gasteiger partial charge in [-0.25, -0.2) is 4.98 Å². The Kier molecular flexibility index (Phi) is 2.98. The van der Waals surface area contributed by atoms with Crippen molar-refractivity contribution in [2.45, 2.75) is 19.9 Å². The molecule has 6 heteroatoms. The number of carbonyl (C=O) groups is 1. The average molecular weight is 270 g/mol. The van der Waals surface area contributed by atoms with Crippen LogP contribution in [0.4, 0.5) is 0 Å². The van der Waals surface area contributed by atoms with Crippen LogP contribution in [0.2, 0.25) is 0 Å². The van der Waals surface area contributed by atoms with Crippen molar-refractivity contribution in [1.82, 2.24) is 20.4 Å². The van der Waals surface area contributed by atoms with E-state index in [9.17, 15) is 4.79 Å². The van der Waals surface area contributed by atoms with Crippen LogP contribution in [0.1, 0.15) is 35.0 Å². The molecule has 1 atom stereocenters. The highest BCUT2D eigenvalue weighted by Gasteiger charge is 2.17. The Hall–Kier alpha value is -2.63. The van der Waals surface area contributed by atoms with Crippen LogP contribution in [-0.4, -0.2) is 21.0 Å². The van der Waals surface area contributed by atoms with E-state index in [1.54, 1.807) is 13.0 Å². The Balaban J connectivity index is 1.78. The van der Waals surface area contributed by atoms with Crippen molar-refractivity contribution in [2.24, 2.45) is 0 Å². The highest BCUT2D eigenvalue weighted by Crippen LogP contribution is 2.16. The molecule has 102 valence electrons. The first-order valence-corrected chi connectivity index (χ1v) is 6.32. The molecular formula is C14H14N4O2. The number of nitrogens with zero attached hydrogens (tertiary/aromatic N) is 2. The van der Waals surface area contributed by atoms with Gasteiger partial charge in [0.1, 0.15) is 11.6 Å². The van der Waals surface area contributed by atoms with Gasteiger partial charge in [0.25, 0.3) is 5.91 Å². The fourth-order valence-corrected chi connectivity index (χ4v) is 1.99. The maximum absolute atomic E-state index is 12.0. The fraction of sp³-hybridized carbons (Fsp3) is 0.214. The lowest BCUT2D eigenvalue weighted by Crippen LogP contribution is -2.27. The van der Waals surface area contributed by atoms with Crippen molar-refractivity contribution in [3.05, 3.63) is 47.6 Å². The van der Waals surface area contributed by atoms with Crippen molar-refractivity contribution in [3.8, 4) is 0 Å². The second-order valence-electron chi connectivity index (χ2n) is 4.66. The number of rotatable bonds is 3. The Bertz CT molecular complexity index is 726. The molecule has 0 spiro atoms. The van der Waals surface area contributed by atoms with E-state index in [0.29, 0.717) is 11.6 Å². The summed E-state index contributed by atoms with van der Waals surface area (Å²) in [5, 5.41) is 6.52. The number of para-hydroxylation sites is 2. The summed E-state index contributed by atoms with van der Waals surface area (Å²) in [5.41, 5.74) is 2.09. The minimum atomic E-state index is -0.283. The topological polar surface area (TPSA) is 83.8 Å². The molecule has 0 saturated carbocycles. The Labute approximate surface area is 115 Å². The zero-order valence-corrected chi connectivity index (χ0v) is 11.2. The molecule has 0 radical (unpaired) electrons. The summed E-state index contributed by atoms with van der Waals surface area (Å²) in [6, 6.07) is 9.08. The van der Waals surface area contributed by atoms with Crippen molar-refractivity contribution in [3.63, 3.8) is 0 Å². The SMILES string of the molecule is Cc1cc(C(=O)NC(C)c2nc3ccccc3[nH]2)no1. The standard InChI is InChI=1S/C14H14N4O2/c1-8-7-12(18-20-8)14(19)15-9(2)13-16-10-5-3-4-6-11(10)17-13/h3-7,9H,1-2H3,(H,15,19)(H,16,17). The normalized spacial score (nSPS) is 12.5. The Morgan fingerprint density at radius 2 is 2.20 bits per heavy atom. The summed E-state index contributed by atoms with van der Waals surface area (Å²) in [7, 11) is 0. The molecule has 2 aromatic heterocycles. The van der Waals surface area contributed by atoms with E-state index in [-0.39, 0.29) is 17.6 Å². The number of imidazole rings is 1. The monoisotopic (exact) mass is 270 g/mol. The third-order valence-electron chi connectivity index (χ3n) is 3.03. The van der Waals surface area contributed by atoms with Crippen LogP contribution in [0.15, 0.2) is 34.9 Å². The number of nitrogens with one attached hydrogen (secondary N) is 2. The van der Waals surface area contributed by atoms with E-state index in [0.717, 1.165) is 11.0 Å². The van der Waals surface area contributed by atoms with Gasteiger partial charge in [-0.3, -0.25) is 4.79 Å². The smallest absolute Gasteiger partial charge is 0.274 e. The molecule has 3 rings (SSSR count). The van der Waals surface area contributed by atoms with Crippen LogP contribution in [0, 0.1) is 6.92 Å². The molecule has 20 heavy (non-hydrogen) atoms. The predicted octanol–water partition coefficient (Wildman–Crippen LogP) is 2.35. The summed E-state index contributed by atoms with van der Waals surface area (Å²) in [6.45, 7) is 3.61. The number of aromatic nitrogens is 3. The second kappa shape index (κ2) is 4.80. The molecule has 0 aliphatic heterocycles. The summed E-state index contributed by atoms with van der Waals surface area (Å²) < 4.78 is 4.89. The molecule has 1 unspecified atom stereocenters. The first-order valence-electron chi connectivity index (χ1n) is 6.32. The minimum absolute atomic E-state index is 0.244. The number of H-pyrrole nitrogens is 1. The molecule has 1 aromatic carbocycles. The number of carbonyl (C=O) groups excluding carboxylic acids is 1. The van der Waals surface area contributed by atoms with Crippen LogP contribution >= 0.6 is 0 Å². The first-order chi connectivity index (χ1) is 9.63. The number of fused-ring (bicyclic) bond motifs is 1. The quantitative estimate of drug-likeness (QED) is 0.765. The highest BCUT2D eigenvalue weighted by atomic mass is 16.5. The summed E-state index contributed by atoms with van der Waals surface area (Å²) in [5.74, 6) is 1.03. The van der Waals surface area contributed by atoms with E-state index in [2.05, 4.69) is 20.4 Å². The second-order valence-corrected chi connectivity index (χ2v) is 4.66. The largest absolute Gasteiger partial charge is 0.361 e. The van der Waals surface area contributed by atoms with Gasteiger partial charge in [0.05, 0.1) is 17.1 Å². The van der Waals surface area contributed by atoms with Crippen molar-refractivity contribution in [2.75, 3.05) is 0 Å². The lowest BCUT2D eigenvalue weighted by Gasteiger charge is -2.09. The molecule has 6 nitrogen and oxygen atoms in total. The van der Waals surface area contributed by atoms with Crippen LogP contribution in [-0.2, 0) is 0 Å². The molecular weight excluding hydrogens is 256 g/mol. The van der Waals surface area contributed by atoms with Crippen LogP contribution in [0.3, 0.4) is 0 Å². The summed E-state index contributed by atoms with van der Waals surface area (Å²) in [6.07, 6.45) is 0. The van der Waals surface area contributed by atoms with Gasteiger partial charge in [-0.05, 0) is 26.0 Å². The zero-order chi connectivity index (χ0) is 14.1. The molecule has 0 aliphatic rings. The van der Waals surface area contributed by atoms with Gasteiger partial charge in [-0.1, -0.05) is 17.3 Å². The molecule has 0 saturated heterocycles. The molecule has 1 amide bonds. The third kappa shape index (κ3) is 2.27. The summed E-state index contributed by atoms with van der Waals surface area (Å²) in [4.78, 5) is 19.6. The molecule has 0 bridgehead atoms. The zero-order valence-electron chi connectivity index (χ0n) is 11.2. The number of benzene rings is 1. The molecule has 2 N–H and O–H groups in total. The van der Waals surface area contributed by atoms with Gasteiger partial charge in [0, 0.05) is 6.07 Å². The van der Waals surface area contributed by atoms with Crippen molar-refractivity contribution >= 4 is 16.9 Å². The average Bonchev–Trinajstić information content (AvgIpc) is 3.04. The number of hydrogen-bond acceptors (Lipinski definition) is 4. The molecule has 0 fully saturated rings. The van der Waals surface area contributed by atoms with E-state index < -0.39 is 0 Å². The fourth-order valence-electron chi connectivity index (χ4n) is 1.99. The van der Waals surface area contributed by atoms with Gasteiger partial charge in [-0.2, -0.15) is 0 Å². The van der Waals surface area contributed by atoms with Gasteiger partial charge in [-0.15, -0.1) is 0 Å². The van der Waals surface area contributed by atoms with Crippen LogP contribution in [0.25, 0.3) is 11.0 Å². The third-order valence-corrected chi connectivity index (χ3v) is 3.03. The number of amides is 1. The van der Waals surface area contributed by atoms with Gasteiger partial charge in [0.2, 0.25) is 0 Å². The lowest BCUT2D eigenvalue weighted by molar-refractivity contribution is 0.0929. The van der Waals surface area contributed by atoms with Crippen LogP contribution in [0.5, 0.6) is 0 Å². The predicted molar refractivity (Wildman–Crippen MR) is 73.2 cm³/mol. The molecule has 3 aromatic rings. The number of hydrogen-bond donors (Lipinski definition) is 2. The van der Waals surface area contributed by atoms with Gasteiger partial charge >= 0.3 is 0 Å². The minimum Gasteiger partial charge on any atom is -0.361 e. The maximum atomic E-state index is 12.0. The van der Waals surface area contributed by atoms with E-state index in [1.165, 1.54) is 0 Å². The summed E-state index contributed by atoms with van der Waals surface area (Å²) >= 11 is 0. The Morgan fingerprint density at radius 1 is 1.40 bits per heavy atom. The van der Waals surface area contributed by atoms with Crippen molar-refractivity contribution in [1.29, 1.82) is 0 Å². The number of aromatic amines is 1. The number of aryl methyl sites for hydroxylation is 1. The Morgan fingerprint density at radius 3 is 2.90 bits per heavy atom.